The van der Waals surface area contributed by atoms with Gasteiger partial charge in [-0.25, -0.2) is 8.42 Å². The minimum atomic E-state index is -3.01. The molecule has 1 fully saturated rings. The Hall–Kier alpha value is -2.18. The number of sulfone groups is 1. The van der Waals surface area contributed by atoms with Crippen molar-refractivity contribution in [2.45, 2.75) is 31.5 Å². The second-order valence-corrected chi connectivity index (χ2v) is 8.98. The van der Waals surface area contributed by atoms with Crippen molar-refractivity contribution >= 4 is 15.7 Å². The van der Waals surface area contributed by atoms with Crippen LogP contribution in [0.15, 0.2) is 60.7 Å². The van der Waals surface area contributed by atoms with Crippen LogP contribution >= 0.6 is 0 Å². The standard InChI is InChI=1S/C20H24N2O3S/c1-15(20(23)22-18-12-13-26(24,25)14-18)21-19(16-8-4-2-5-9-16)17-10-6-3-7-11-17/h2-11,15,18-19,21H,12-14H2,1H3,(H,22,23)/t15-,18-/m0/s1. The van der Waals surface area contributed by atoms with Gasteiger partial charge in [-0.2, -0.15) is 0 Å². The molecule has 26 heavy (non-hydrogen) atoms. The number of hydrogen-bond acceptors (Lipinski definition) is 4. The Balaban J connectivity index is 1.71. The van der Waals surface area contributed by atoms with Gasteiger partial charge in [-0.05, 0) is 24.5 Å². The maximum Gasteiger partial charge on any atom is 0.237 e. The third-order valence-electron chi connectivity index (χ3n) is 4.65. The van der Waals surface area contributed by atoms with Gasteiger partial charge < -0.3 is 5.32 Å². The van der Waals surface area contributed by atoms with Gasteiger partial charge in [0.25, 0.3) is 0 Å². The van der Waals surface area contributed by atoms with E-state index in [1.54, 1.807) is 6.92 Å². The highest BCUT2D eigenvalue weighted by atomic mass is 32.2. The van der Waals surface area contributed by atoms with Gasteiger partial charge in [-0.1, -0.05) is 60.7 Å². The molecule has 138 valence electrons. The smallest absolute Gasteiger partial charge is 0.237 e. The Morgan fingerprint density at radius 2 is 1.54 bits per heavy atom. The quantitative estimate of drug-likeness (QED) is 0.814. The maximum absolute atomic E-state index is 12.5. The zero-order chi connectivity index (χ0) is 18.6. The fourth-order valence-electron chi connectivity index (χ4n) is 3.24. The van der Waals surface area contributed by atoms with Crippen LogP contribution in [0.4, 0.5) is 0 Å². The third kappa shape index (κ3) is 4.71. The number of nitrogens with one attached hydrogen (secondary N) is 2. The van der Waals surface area contributed by atoms with Crippen molar-refractivity contribution in [1.82, 2.24) is 10.6 Å². The Morgan fingerprint density at radius 3 is 2.00 bits per heavy atom. The zero-order valence-electron chi connectivity index (χ0n) is 14.8. The first-order valence-corrected chi connectivity index (χ1v) is 10.6. The maximum atomic E-state index is 12.5. The van der Waals surface area contributed by atoms with Crippen molar-refractivity contribution in [2.75, 3.05) is 11.5 Å². The SMILES string of the molecule is C[C@H](NC(c1ccccc1)c1ccccc1)C(=O)N[C@H]1CCS(=O)(=O)C1. The van der Waals surface area contributed by atoms with E-state index < -0.39 is 15.9 Å². The van der Waals surface area contributed by atoms with Crippen LogP contribution in [0.25, 0.3) is 0 Å². The van der Waals surface area contributed by atoms with Crippen LogP contribution in [-0.2, 0) is 14.6 Å². The van der Waals surface area contributed by atoms with E-state index in [2.05, 4.69) is 10.6 Å². The van der Waals surface area contributed by atoms with Crippen LogP contribution in [0.2, 0.25) is 0 Å². The first-order valence-electron chi connectivity index (χ1n) is 8.81. The molecule has 1 aliphatic rings. The summed E-state index contributed by atoms with van der Waals surface area (Å²) in [6.45, 7) is 1.80. The van der Waals surface area contributed by atoms with Gasteiger partial charge in [-0.3, -0.25) is 10.1 Å². The summed E-state index contributed by atoms with van der Waals surface area (Å²) in [6, 6.07) is 19.1. The van der Waals surface area contributed by atoms with Gasteiger partial charge in [-0.15, -0.1) is 0 Å². The highest BCUT2D eigenvalue weighted by Crippen LogP contribution is 2.22. The van der Waals surface area contributed by atoms with Crippen LogP contribution in [0.3, 0.4) is 0 Å². The summed E-state index contributed by atoms with van der Waals surface area (Å²) < 4.78 is 23.1. The highest BCUT2D eigenvalue weighted by molar-refractivity contribution is 7.91. The van der Waals surface area contributed by atoms with Crippen LogP contribution in [-0.4, -0.2) is 37.9 Å². The summed E-state index contributed by atoms with van der Waals surface area (Å²) in [5.41, 5.74) is 2.14. The summed E-state index contributed by atoms with van der Waals surface area (Å²) in [7, 11) is -3.01. The molecule has 2 aromatic carbocycles. The molecule has 0 radical (unpaired) electrons. The van der Waals surface area contributed by atoms with Crippen molar-refractivity contribution in [3.63, 3.8) is 0 Å². The molecule has 0 saturated carbocycles. The predicted octanol–water partition coefficient (Wildman–Crippen LogP) is 2.06. The van der Waals surface area contributed by atoms with Gasteiger partial charge in [0.15, 0.2) is 9.84 Å². The van der Waals surface area contributed by atoms with E-state index >= 15 is 0 Å². The molecule has 0 unspecified atom stereocenters. The number of amides is 1. The molecule has 0 aromatic heterocycles. The second kappa shape index (κ2) is 8.01. The van der Waals surface area contributed by atoms with E-state index in [-0.39, 0.29) is 29.5 Å². The fraction of sp³-hybridized carbons (Fsp3) is 0.350. The van der Waals surface area contributed by atoms with Gasteiger partial charge in [0.05, 0.1) is 23.6 Å². The van der Waals surface area contributed by atoms with Crippen molar-refractivity contribution in [2.24, 2.45) is 0 Å². The number of rotatable bonds is 6. The molecule has 3 rings (SSSR count). The monoisotopic (exact) mass is 372 g/mol. The van der Waals surface area contributed by atoms with Crippen LogP contribution in [0.1, 0.15) is 30.5 Å². The molecule has 0 spiro atoms. The average molecular weight is 372 g/mol. The van der Waals surface area contributed by atoms with E-state index in [0.29, 0.717) is 6.42 Å². The highest BCUT2D eigenvalue weighted by Gasteiger charge is 2.30. The van der Waals surface area contributed by atoms with Gasteiger partial charge in [0, 0.05) is 6.04 Å². The first kappa shape index (κ1) is 18.6. The lowest BCUT2D eigenvalue weighted by Gasteiger charge is -2.25. The Labute approximate surface area is 154 Å². The minimum Gasteiger partial charge on any atom is -0.351 e. The molecule has 1 amide bonds. The second-order valence-electron chi connectivity index (χ2n) is 6.75. The number of hydrogen-bond donors (Lipinski definition) is 2. The molecule has 0 aliphatic carbocycles. The lowest BCUT2D eigenvalue weighted by molar-refractivity contribution is -0.123. The topological polar surface area (TPSA) is 75.3 Å². The molecule has 2 N–H and O–H groups in total. The average Bonchev–Trinajstić information content (AvgIpc) is 2.99. The summed E-state index contributed by atoms with van der Waals surface area (Å²) in [6.07, 6.45) is 0.488. The number of benzene rings is 2. The largest absolute Gasteiger partial charge is 0.351 e. The third-order valence-corrected chi connectivity index (χ3v) is 6.42. The van der Waals surface area contributed by atoms with Gasteiger partial charge in [0.2, 0.25) is 5.91 Å². The molecule has 1 heterocycles. The van der Waals surface area contributed by atoms with Gasteiger partial charge >= 0.3 is 0 Å². The predicted molar refractivity (Wildman–Crippen MR) is 103 cm³/mol. The van der Waals surface area contributed by atoms with Crippen molar-refractivity contribution in [3.8, 4) is 0 Å². The number of carbonyl (C=O) groups excluding carboxylic acids is 1. The molecule has 2 aromatic rings. The molecule has 1 aliphatic heterocycles. The van der Waals surface area contributed by atoms with Crippen molar-refractivity contribution in [3.05, 3.63) is 71.8 Å². The molecule has 5 nitrogen and oxygen atoms in total. The van der Waals surface area contributed by atoms with Crippen molar-refractivity contribution < 1.29 is 13.2 Å². The van der Waals surface area contributed by atoms with E-state index in [1.165, 1.54) is 0 Å². The minimum absolute atomic E-state index is 0.0340. The van der Waals surface area contributed by atoms with Gasteiger partial charge in [0.1, 0.15) is 0 Å². The van der Waals surface area contributed by atoms with Crippen LogP contribution in [0.5, 0.6) is 0 Å². The lowest BCUT2D eigenvalue weighted by atomic mass is 9.98. The summed E-state index contributed by atoms with van der Waals surface area (Å²) >= 11 is 0. The van der Waals surface area contributed by atoms with E-state index in [0.717, 1.165) is 11.1 Å². The Kier molecular flexibility index (Phi) is 5.74. The summed E-state index contributed by atoms with van der Waals surface area (Å²) in [5, 5.41) is 6.24. The normalized spacial score (nSPS) is 20.0. The number of carbonyl (C=O) groups is 1. The zero-order valence-corrected chi connectivity index (χ0v) is 15.6. The Morgan fingerprint density at radius 1 is 1.00 bits per heavy atom. The lowest BCUT2D eigenvalue weighted by Crippen LogP contribution is -2.47. The Bertz CT molecular complexity index is 798. The molecule has 2 atom stereocenters. The molecule has 6 heteroatoms. The molecular weight excluding hydrogens is 348 g/mol. The van der Waals surface area contributed by atoms with Crippen LogP contribution in [0, 0.1) is 0 Å². The van der Waals surface area contributed by atoms with E-state index in [9.17, 15) is 13.2 Å². The van der Waals surface area contributed by atoms with Crippen molar-refractivity contribution in [1.29, 1.82) is 0 Å². The summed E-state index contributed by atoms with van der Waals surface area (Å²) in [4.78, 5) is 12.5. The fourth-order valence-corrected chi connectivity index (χ4v) is 4.91. The van der Waals surface area contributed by atoms with E-state index in [1.807, 2.05) is 60.7 Å². The van der Waals surface area contributed by atoms with E-state index in [4.69, 9.17) is 0 Å². The summed E-state index contributed by atoms with van der Waals surface area (Å²) in [5.74, 6) is 0.00632. The first-order chi connectivity index (χ1) is 12.4. The molecule has 1 saturated heterocycles. The molecular formula is C20H24N2O3S. The molecule has 0 bridgehead atoms. The van der Waals surface area contributed by atoms with Crippen LogP contribution < -0.4 is 10.6 Å².